The second-order valence-corrected chi connectivity index (χ2v) is 14.2. The number of cyclic esters (lactones) is 1. The quantitative estimate of drug-likeness (QED) is 0.0638. The Hall–Kier alpha value is -3.32. The molecule has 0 spiro atoms. The molecule has 0 saturated carbocycles. The Kier molecular flexibility index (Phi) is 13.8. The minimum atomic E-state index is -1.65. The SMILES string of the molecule is [B][C@@H]1[C@@H](C)C(=O)[C@@H](C)C(=O)O[C@H](CC=C)[C@@](C)(O)[C@H](N(C#C)CCCCn2cc(-c3nsc(N)n3)nn2)[C@@H](C)NC[C@H](C)C[C@@]1(C)OC. The Morgan fingerprint density at radius 1 is 1.33 bits per heavy atom. The van der Waals surface area contributed by atoms with E-state index in [1.165, 1.54) is 6.92 Å². The number of nitrogens with two attached hydrogens (primary N) is 1. The van der Waals surface area contributed by atoms with Crippen LogP contribution in [0, 0.1) is 30.2 Å². The summed E-state index contributed by atoms with van der Waals surface area (Å²) in [6.07, 6.45) is 10.5. The molecule has 48 heavy (non-hydrogen) atoms. The van der Waals surface area contributed by atoms with Crippen LogP contribution < -0.4 is 11.1 Å². The van der Waals surface area contributed by atoms with Crippen LogP contribution in [0.5, 0.6) is 0 Å². The van der Waals surface area contributed by atoms with Crippen molar-refractivity contribution in [1.82, 2.24) is 34.6 Å². The number of methoxy groups -OCH3 is 1. The molecular formula is C33H51BN8O5S. The molecule has 0 bridgehead atoms. The number of unbranched alkanes of at least 4 members (excludes halogenated alkanes) is 1. The van der Waals surface area contributed by atoms with Crippen molar-refractivity contribution >= 4 is 36.3 Å². The number of aliphatic hydroxyl groups is 1. The number of nitrogens with zero attached hydrogens (tertiary/aromatic N) is 6. The molecule has 13 nitrogen and oxygen atoms in total. The highest BCUT2D eigenvalue weighted by Gasteiger charge is 2.48. The van der Waals surface area contributed by atoms with Gasteiger partial charge < -0.3 is 30.5 Å². The number of ether oxygens (including phenoxy) is 2. The first-order chi connectivity index (χ1) is 22.6. The number of ketones is 1. The maximum absolute atomic E-state index is 13.5. The van der Waals surface area contributed by atoms with Gasteiger partial charge in [-0.1, -0.05) is 31.6 Å². The van der Waals surface area contributed by atoms with Crippen LogP contribution in [0.25, 0.3) is 11.5 Å². The molecule has 1 fully saturated rings. The molecule has 9 atom stereocenters. The van der Waals surface area contributed by atoms with Crippen LogP contribution in [0.15, 0.2) is 18.9 Å². The van der Waals surface area contributed by atoms with E-state index in [-0.39, 0.29) is 24.2 Å². The lowest BCUT2D eigenvalue weighted by molar-refractivity contribution is -0.177. The van der Waals surface area contributed by atoms with E-state index < -0.39 is 47.0 Å². The number of terminal acetylenes is 1. The molecule has 0 amide bonds. The van der Waals surface area contributed by atoms with Gasteiger partial charge in [0.2, 0.25) is 0 Å². The molecule has 0 aliphatic carbocycles. The molecule has 3 rings (SSSR count). The molecule has 2 radical (unpaired) electrons. The van der Waals surface area contributed by atoms with Crippen LogP contribution in [-0.2, 0) is 25.6 Å². The van der Waals surface area contributed by atoms with Crippen LogP contribution in [0.1, 0.15) is 67.2 Å². The van der Waals surface area contributed by atoms with Crippen molar-refractivity contribution in [3.05, 3.63) is 18.9 Å². The van der Waals surface area contributed by atoms with Crippen LogP contribution in [0.2, 0.25) is 5.82 Å². The van der Waals surface area contributed by atoms with E-state index in [0.29, 0.717) is 55.5 Å². The molecule has 1 saturated heterocycles. The number of esters is 1. The van der Waals surface area contributed by atoms with Gasteiger partial charge >= 0.3 is 5.97 Å². The van der Waals surface area contributed by atoms with Gasteiger partial charge in [-0.15, -0.1) is 11.7 Å². The minimum Gasteiger partial charge on any atom is -0.458 e. The third-order valence-corrected chi connectivity index (χ3v) is 10.1. The van der Waals surface area contributed by atoms with Gasteiger partial charge in [0.25, 0.3) is 0 Å². The largest absolute Gasteiger partial charge is 0.458 e. The number of carbonyl (C=O) groups is 2. The molecule has 0 aromatic carbocycles. The van der Waals surface area contributed by atoms with Crippen molar-refractivity contribution in [2.45, 2.75) is 109 Å². The minimum absolute atomic E-state index is 0.0727. The summed E-state index contributed by atoms with van der Waals surface area (Å²) in [6.45, 7) is 16.1. The van der Waals surface area contributed by atoms with E-state index in [0.717, 1.165) is 11.5 Å². The van der Waals surface area contributed by atoms with E-state index >= 15 is 0 Å². The van der Waals surface area contributed by atoms with Gasteiger partial charge in [0, 0.05) is 56.2 Å². The molecule has 3 heterocycles. The van der Waals surface area contributed by atoms with Crippen molar-refractivity contribution in [3.8, 4) is 24.0 Å². The van der Waals surface area contributed by atoms with Crippen molar-refractivity contribution in [2.75, 3.05) is 25.9 Å². The number of Topliss-reactive ketones (excluding diaryl/α,β-unsaturated/α-hetero) is 1. The van der Waals surface area contributed by atoms with Crippen LogP contribution in [0.4, 0.5) is 5.13 Å². The highest BCUT2D eigenvalue weighted by atomic mass is 32.1. The highest BCUT2D eigenvalue weighted by Crippen LogP contribution is 2.38. The predicted molar refractivity (Wildman–Crippen MR) is 187 cm³/mol. The summed E-state index contributed by atoms with van der Waals surface area (Å²) in [5.74, 6) is -3.06. The van der Waals surface area contributed by atoms with E-state index in [1.807, 2.05) is 13.8 Å². The number of aryl methyl sites for hydroxylation is 1. The normalized spacial score (nSPS) is 32.4. The van der Waals surface area contributed by atoms with E-state index in [9.17, 15) is 14.7 Å². The molecule has 2 aromatic heterocycles. The Labute approximate surface area is 290 Å². The number of hydrogen-bond acceptors (Lipinski definition) is 13. The number of hydrogen-bond donors (Lipinski definition) is 3. The molecule has 4 N–H and O–H groups in total. The van der Waals surface area contributed by atoms with Crippen LogP contribution >= 0.6 is 11.5 Å². The van der Waals surface area contributed by atoms with E-state index in [1.54, 1.807) is 42.8 Å². The number of rotatable bonds is 10. The number of nitrogen functional groups attached to an aromatic ring is 1. The zero-order chi connectivity index (χ0) is 35.8. The fraction of sp³-hybridized carbons (Fsp3) is 0.697. The molecule has 2 aromatic rings. The fourth-order valence-corrected chi connectivity index (χ4v) is 7.05. The maximum atomic E-state index is 13.5. The molecule has 1 aliphatic heterocycles. The zero-order valence-corrected chi connectivity index (χ0v) is 30.1. The summed E-state index contributed by atoms with van der Waals surface area (Å²) in [7, 11) is 8.22. The van der Waals surface area contributed by atoms with E-state index in [2.05, 4.69) is 44.5 Å². The summed E-state index contributed by atoms with van der Waals surface area (Å²) in [6, 6.07) is 1.73. The Bertz CT molecular complexity index is 1430. The van der Waals surface area contributed by atoms with Gasteiger partial charge in [-0.05, 0) is 65.2 Å². The van der Waals surface area contributed by atoms with Gasteiger partial charge in [0.05, 0.1) is 25.7 Å². The molecule has 262 valence electrons. The van der Waals surface area contributed by atoms with Gasteiger partial charge in [-0.3, -0.25) is 14.3 Å². The zero-order valence-electron chi connectivity index (χ0n) is 29.3. The standard InChI is InChI=1S/C33H51BN8O5S/c1-10-14-25-33(8,45)28(41(11-2)15-12-13-16-42-19-24(38-40-42)29-37-31(35)48-39-29)23(6)36-18-20(3)17-32(7,46-9)27(34)21(4)26(43)22(5)30(44)47-25/h2,10,19-23,25,27-28,36,45H,1,12-18H2,3-9H3,(H2,35,37,39)/t20-,21+,22-,23-,25-,27-,28-,32-,33-/m1/s1. The first kappa shape index (κ1) is 39.1. The van der Waals surface area contributed by atoms with Crippen molar-refractivity contribution in [2.24, 2.45) is 17.8 Å². The summed E-state index contributed by atoms with van der Waals surface area (Å²) in [5.41, 5.74) is 3.74. The average Bonchev–Trinajstić information content (AvgIpc) is 3.71. The first-order valence-corrected chi connectivity index (χ1v) is 17.2. The number of aromatic nitrogens is 5. The third kappa shape index (κ3) is 9.22. The third-order valence-electron chi connectivity index (χ3n) is 9.59. The van der Waals surface area contributed by atoms with Crippen molar-refractivity contribution in [3.63, 3.8) is 0 Å². The lowest BCUT2D eigenvalue weighted by Gasteiger charge is -2.46. The van der Waals surface area contributed by atoms with Crippen LogP contribution in [-0.4, -0.2) is 104 Å². The Balaban J connectivity index is 1.87. The van der Waals surface area contributed by atoms with Gasteiger partial charge in [0.15, 0.2) is 16.6 Å². The topological polar surface area (TPSA) is 171 Å². The van der Waals surface area contributed by atoms with Gasteiger partial charge in [-0.2, -0.15) is 9.36 Å². The smallest absolute Gasteiger partial charge is 0.316 e. The fourth-order valence-electron chi connectivity index (χ4n) is 6.61. The Morgan fingerprint density at radius 2 is 2.04 bits per heavy atom. The number of carbonyl (C=O) groups excluding carboxylic acids is 2. The monoisotopic (exact) mass is 682 g/mol. The average molecular weight is 683 g/mol. The second-order valence-electron chi connectivity index (χ2n) is 13.4. The van der Waals surface area contributed by atoms with Gasteiger partial charge in [0.1, 0.15) is 23.4 Å². The lowest BCUT2D eigenvalue weighted by atomic mass is 9.62. The van der Waals surface area contributed by atoms with E-state index in [4.69, 9.17) is 29.5 Å². The number of nitrogens with one attached hydrogen (secondary N) is 1. The first-order valence-electron chi connectivity index (χ1n) is 16.4. The van der Waals surface area contributed by atoms with Gasteiger partial charge in [-0.25, -0.2) is 0 Å². The van der Waals surface area contributed by atoms with Crippen molar-refractivity contribution < 1.29 is 24.2 Å². The molecular weight excluding hydrogens is 631 g/mol. The molecule has 1 aliphatic rings. The summed E-state index contributed by atoms with van der Waals surface area (Å²) in [5, 5.41) is 24.5. The predicted octanol–water partition coefficient (Wildman–Crippen LogP) is 2.88. The summed E-state index contributed by atoms with van der Waals surface area (Å²) >= 11 is 1.10. The highest BCUT2D eigenvalue weighted by molar-refractivity contribution is 7.09. The van der Waals surface area contributed by atoms with Crippen LogP contribution in [0.3, 0.4) is 0 Å². The molecule has 15 heteroatoms. The maximum Gasteiger partial charge on any atom is 0.316 e. The molecule has 0 unspecified atom stereocenters. The second kappa shape index (κ2) is 16.9. The lowest BCUT2D eigenvalue weighted by Crippen LogP contribution is -2.64. The Morgan fingerprint density at radius 3 is 2.65 bits per heavy atom. The summed E-state index contributed by atoms with van der Waals surface area (Å²) < 4.78 is 17.7. The summed E-state index contributed by atoms with van der Waals surface area (Å²) in [4.78, 5) is 32.9. The number of anilines is 1. The van der Waals surface area contributed by atoms with Crippen molar-refractivity contribution in [1.29, 1.82) is 0 Å².